The van der Waals surface area contributed by atoms with Crippen LogP contribution < -0.4 is 16.4 Å². The zero-order valence-electron chi connectivity index (χ0n) is 17.3. The molecule has 1 atom stereocenters. The number of ketones is 1. The van der Waals surface area contributed by atoms with Crippen molar-refractivity contribution >= 4 is 35.1 Å². The minimum atomic E-state index is -0.782. The maximum Gasteiger partial charge on any atom is 0.273 e. The molecule has 1 aliphatic heterocycles. The van der Waals surface area contributed by atoms with E-state index in [0.717, 1.165) is 12.8 Å². The van der Waals surface area contributed by atoms with Gasteiger partial charge in [-0.25, -0.2) is 0 Å². The molecule has 4 N–H and O–H groups in total. The lowest BCUT2D eigenvalue weighted by Gasteiger charge is -2.32. The van der Waals surface area contributed by atoms with Gasteiger partial charge in [0.2, 0.25) is 11.9 Å². The van der Waals surface area contributed by atoms with Crippen molar-refractivity contribution in [2.24, 2.45) is 5.73 Å². The van der Waals surface area contributed by atoms with Crippen molar-refractivity contribution in [2.45, 2.75) is 32.2 Å². The van der Waals surface area contributed by atoms with Crippen LogP contribution in [0.25, 0.3) is 0 Å². The topological polar surface area (TPSA) is 143 Å². The summed E-state index contributed by atoms with van der Waals surface area (Å²) < 4.78 is 0. The van der Waals surface area contributed by atoms with Gasteiger partial charge in [-0.3, -0.25) is 14.4 Å². The van der Waals surface area contributed by atoms with Crippen LogP contribution in [0.3, 0.4) is 0 Å². The Balaban J connectivity index is 1.81. The predicted octanol–water partition coefficient (Wildman–Crippen LogP) is 1.90. The fraction of sp³-hybridized carbons (Fsp3) is 0.333. The van der Waals surface area contributed by atoms with E-state index in [0.29, 0.717) is 30.8 Å². The Kier molecular flexibility index (Phi) is 6.91. The summed E-state index contributed by atoms with van der Waals surface area (Å²) in [7, 11) is 0. The number of carbonyl (C=O) groups is 3. The Bertz CT molecular complexity index is 1010. The number of piperidine rings is 1. The number of hydrogen-bond acceptors (Lipinski definition) is 8. The summed E-state index contributed by atoms with van der Waals surface area (Å²) in [5.41, 5.74) is 6.41. The van der Waals surface area contributed by atoms with Crippen molar-refractivity contribution in [2.75, 3.05) is 23.7 Å². The molecule has 0 bridgehead atoms. The van der Waals surface area contributed by atoms with E-state index >= 15 is 0 Å². The van der Waals surface area contributed by atoms with Gasteiger partial charge in [0.25, 0.3) is 5.91 Å². The molecule has 1 aromatic carbocycles. The molecule has 1 saturated heterocycles. The Hall–Kier alpha value is -3.82. The molecule has 0 radical (unpaired) electrons. The third-order valence-electron chi connectivity index (χ3n) is 4.93. The summed E-state index contributed by atoms with van der Waals surface area (Å²) in [6.07, 6.45) is 3.33. The van der Waals surface area contributed by atoms with Crippen LogP contribution in [0.1, 0.15) is 47.0 Å². The van der Waals surface area contributed by atoms with E-state index in [9.17, 15) is 14.4 Å². The Morgan fingerprint density at radius 2 is 2.13 bits per heavy atom. The van der Waals surface area contributed by atoms with E-state index in [-0.39, 0.29) is 35.2 Å². The van der Waals surface area contributed by atoms with Crippen molar-refractivity contribution in [1.29, 1.82) is 0 Å². The standard InChI is InChI=1S/C21H25N7O3/c1-3-16(29)13-7-5-8-14(11-13)23-20-18(19(22)31)26-27-21(25-20)24-15-9-6-10-28(12-15)17(30)4-2/h4-5,7-8,11,15H,2-3,6,9-10,12H2,1H3,(H2,22,31)(H2,23,24,25,27)/t15-/m1/s1. The zero-order valence-corrected chi connectivity index (χ0v) is 17.3. The Morgan fingerprint density at radius 3 is 2.84 bits per heavy atom. The lowest BCUT2D eigenvalue weighted by atomic mass is 10.1. The fourth-order valence-electron chi connectivity index (χ4n) is 3.36. The lowest BCUT2D eigenvalue weighted by Crippen LogP contribution is -2.44. The molecule has 1 fully saturated rings. The van der Waals surface area contributed by atoms with Gasteiger partial charge in [0.05, 0.1) is 0 Å². The zero-order chi connectivity index (χ0) is 22.4. The number of nitrogens with two attached hydrogens (primary N) is 1. The third kappa shape index (κ3) is 5.41. The number of Topliss-reactive ketones (excluding diaryl/α,β-unsaturated/α-hetero) is 1. The average molecular weight is 423 g/mol. The van der Waals surface area contributed by atoms with Crippen LogP contribution in [-0.4, -0.2) is 56.8 Å². The number of hydrogen-bond donors (Lipinski definition) is 3. The SMILES string of the molecule is C=CC(=O)N1CCC[C@@H](Nc2nnc(C(N)=O)c(Nc3cccc(C(=O)CC)c3)n2)C1. The maximum atomic E-state index is 12.0. The molecular formula is C21H25N7O3. The molecule has 0 spiro atoms. The first-order valence-corrected chi connectivity index (χ1v) is 10.0. The Labute approximate surface area is 179 Å². The van der Waals surface area contributed by atoms with Gasteiger partial charge < -0.3 is 21.3 Å². The van der Waals surface area contributed by atoms with Crippen LogP contribution in [0, 0.1) is 0 Å². The summed E-state index contributed by atoms with van der Waals surface area (Å²) in [6, 6.07) is 6.79. The van der Waals surface area contributed by atoms with Gasteiger partial charge in [-0.15, -0.1) is 10.2 Å². The molecule has 31 heavy (non-hydrogen) atoms. The minimum Gasteiger partial charge on any atom is -0.364 e. The van der Waals surface area contributed by atoms with Crippen molar-refractivity contribution < 1.29 is 14.4 Å². The fourth-order valence-corrected chi connectivity index (χ4v) is 3.36. The van der Waals surface area contributed by atoms with E-state index in [1.54, 1.807) is 36.1 Å². The minimum absolute atomic E-state index is 0.00198. The molecule has 0 aliphatic carbocycles. The number of rotatable bonds is 8. The molecule has 0 unspecified atom stereocenters. The van der Waals surface area contributed by atoms with Gasteiger partial charge in [0, 0.05) is 36.8 Å². The van der Waals surface area contributed by atoms with E-state index in [1.807, 2.05) is 0 Å². The summed E-state index contributed by atoms with van der Waals surface area (Å²) in [4.78, 5) is 41.7. The summed E-state index contributed by atoms with van der Waals surface area (Å²) in [5, 5.41) is 14.0. The normalized spacial score (nSPS) is 15.8. The number of likely N-dealkylation sites (tertiary alicyclic amines) is 1. The number of benzene rings is 1. The van der Waals surface area contributed by atoms with E-state index in [2.05, 4.69) is 32.4 Å². The first-order chi connectivity index (χ1) is 14.9. The number of anilines is 3. The largest absolute Gasteiger partial charge is 0.364 e. The van der Waals surface area contributed by atoms with Crippen LogP contribution >= 0.6 is 0 Å². The molecule has 1 aromatic heterocycles. The van der Waals surface area contributed by atoms with Gasteiger partial charge in [0.15, 0.2) is 17.3 Å². The quantitative estimate of drug-likeness (QED) is 0.431. The number of nitrogens with zero attached hydrogens (tertiary/aromatic N) is 4. The molecule has 162 valence electrons. The molecule has 2 heterocycles. The number of nitrogens with one attached hydrogen (secondary N) is 2. The van der Waals surface area contributed by atoms with E-state index < -0.39 is 5.91 Å². The molecular weight excluding hydrogens is 398 g/mol. The maximum absolute atomic E-state index is 12.0. The number of amides is 2. The second-order valence-electron chi connectivity index (χ2n) is 7.15. The predicted molar refractivity (Wildman–Crippen MR) is 116 cm³/mol. The van der Waals surface area contributed by atoms with Gasteiger partial charge in [-0.05, 0) is 31.1 Å². The highest BCUT2D eigenvalue weighted by molar-refractivity contribution is 5.98. The van der Waals surface area contributed by atoms with Gasteiger partial charge in [0.1, 0.15) is 0 Å². The van der Waals surface area contributed by atoms with E-state index in [1.165, 1.54) is 6.08 Å². The first kappa shape index (κ1) is 21.9. The summed E-state index contributed by atoms with van der Waals surface area (Å²) in [5.74, 6) is -0.585. The molecule has 10 nitrogen and oxygen atoms in total. The molecule has 2 amide bonds. The van der Waals surface area contributed by atoms with Crippen molar-refractivity contribution in [3.8, 4) is 0 Å². The van der Waals surface area contributed by atoms with Crippen LogP contribution in [0.2, 0.25) is 0 Å². The summed E-state index contributed by atoms with van der Waals surface area (Å²) >= 11 is 0. The smallest absolute Gasteiger partial charge is 0.273 e. The number of carbonyl (C=O) groups excluding carboxylic acids is 3. The Morgan fingerprint density at radius 1 is 1.32 bits per heavy atom. The van der Waals surface area contributed by atoms with Crippen LogP contribution in [-0.2, 0) is 4.79 Å². The number of aromatic nitrogens is 3. The van der Waals surface area contributed by atoms with Crippen molar-refractivity contribution in [3.63, 3.8) is 0 Å². The van der Waals surface area contributed by atoms with Crippen LogP contribution in [0.5, 0.6) is 0 Å². The molecule has 0 saturated carbocycles. The van der Waals surface area contributed by atoms with Gasteiger partial charge in [-0.1, -0.05) is 25.6 Å². The average Bonchev–Trinajstić information content (AvgIpc) is 2.78. The van der Waals surface area contributed by atoms with E-state index in [4.69, 9.17) is 5.73 Å². The summed E-state index contributed by atoms with van der Waals surface area (Å²) in [6.45, 7) is 6.46. The second kappa shape index (κ2) is 9.79. The monoisotopic (exact) mass is 423 g/mol. The third-order valence-corrected chi connectivity index (χ3v) is 4.93. The lowest BCUT2D eigenvalue weighted by molar-refractivity contribution is -0.127. The molecule has 10 heteroatoms. The van der Waals surface area contributed by atoms with Gasteiger partial charge >= 0.3 is 0 Å². The van der Waals surface area contributed by atoms with Crippen molar-refractivity contribution in [1.82, 2.24) is 20.1 Å². The molecule has 2 aromatic rings. The first-order valence-electron chi connectivity index (χ1n) is 10.0. The van der Waals surface area contributed by atoms with Crippen LogP contribution in [0.4, 0.5) is 17.5 Å². The van der Waals surface area contributed by atoms with Crippen molar-refractivity contribution in [3.05, 3.63) is 48.2 Å². The highest BCUT2D eigenvalue weighted by Crippen LogP contribution is 2.21. The van der Waals surface area contributed by atoms with Gasteiger partial charge in [-0.2, -0.15) is 4.98 Å². The highest BCUT2D eigenvalue weighted by Gasteiger charge is 2.23. The second-order valence-corrected chi connectivity index (χ2v) is 7.15. The molecule has 3 rings (SSSR count). The molecule has 1 aliphatic rings. The van der Waals surface area contributed by atoms with Crippen LogP contribution in [0.15, 0.2) is 36.9 Å². The number of primary amides is 1. The highest BCUT2D eigenvalue weighted by atomic mass is 16.2.